The van der Waals surface area contributed by atoms with Gasteiger partial charge in [-0.15, -0.1) is 21.5 Å². The lowest BCUT2D eigenvalue weighted by Gasteiger charge is -2.36. The highest BCUT2D eigenvalue weighted by atomic mass is 32.1. The third-order valence-corrected chi connectivity index (χ3v) is 6.79. The predicted molar refractivity (Wildman–Crippen MR) is 98.2 cm³/mol. The fourth-order valence-electron chi connectivity index (χ4n) is 4.30. The van der Waals surface area contributed by atoms with Crippen molar-refractivity contribution in [3.63, 3.8) is 0 Å². The van der Waals surface area contributed by atoms with Gasteiger partial charge in [0, 0.05) is 24.9 Å². The van der Waals surface area contributed by atoms with Gasteiger partial charge in [0.25, 0.3) is 0 Å². The topological polar surface area (TPSA) is 46.1 Å². The molecule has 134 valence electrons. The van der Waals surface area contributed by atoms with Gasteiger partial charge in [-0.3, -0.25) is 4.79 Å². The maximum atomic E-state index is 12.9. The van der Waals surface area contributed by atoms with E-state index in [4.69, 9.17) is 0 Å². The van der Waals surface area contributed by atoms with E-state index in [-0.39, 0.29) is 5.92 Å². The molecule has 1 saturated carbocycles. The fraction of sp³-hybridized carbons (Fsp3) is 0.842. The largest absolute Gasteiger partial charge is 0.342 e. The van der Waals surface area contributed by atoms with Crippen LogP contribution in [0.15, 0.2) is 0 Å². The molecular weight excluding hydrogens is 318 g/mol. The molecule has 0 radical (unpaired) electrons. The Bertz CT molecular complexity index is 536. The minimum atomic E-state index is 0.276. The Kier molecular flexibility index (Phi) is 6.25. The van der Waals surface area contributed by atoms with Gasteiger partial charge >= 0.3 is 0 Å². The van der Waals surface area contributed by atoms with E-state index in [0.29, 0.717) is 11.8 Å². The van der Waals surface area contributed by atoms with Crippen LogP contribution in [0.4, 0.5) is 0 Å². The molecule has 1 atom stereocenters. The summed E-state index contributed by atoms with van der Waals surface area (Å²) in [7, 11) is 0. The number of hydrogen-bond acceptors (Lipinski definition) is 4. The highest BCUT2D eigenvalue weighted by Crippen LogP contribution is 2.35. The number of unbranched alkanes of at least 4 members (excludes halogenated alkanes) is 1. The van der Waals surface area contributed by atoms with Crippen LogP contribution in [-0.4, -0.2) is 34.1 Å². The van der Waals surface area contributed by atoms with Crippen LogP contribution in [0, 0.1) is 18.8 Å². The molecular formula is C19H31N3OS. The summed E-state index contributed by atoms with van der Waals surface area (Å²) in [5.41, 5.74) is 0. The van der Waals surface area contributed by atoms with E-state index in [1.165, 1.54) is 32.1 Å². The minimum Gasteiger partial charge on any atom is -0.342 e. The van der Waals surface area contributed by atoms with Gasteiger partial charge in [0.1, 0.15) is 10.0 Å². The molecule has 2 fully saturated rings. The maximum absolute atomic E-state index is 12.9. The van der Waals surface area contributed by atoms with Crippen LogP contribution in [0.25, 0.3) is 0 Å². The van der Waals surface area contributed by atoms with Crippen LogP contribution >= 0.6 is 11.3 Å². The van der Waals surface area contributed by atoms with Crippen LogP contribution in [0.5, 0.6) is 0 Å². The molecule has 0 N–H and O–H groups in total. The lowest BCUT2D eigenvalue weighted by Crippen LogP contribution is -2.43. The summed E-state index contributed by atoms with van der Waals surface area (Å²) in [5, 5.41) is 10.6. The standard InChI is InChI=1S/C19H31N3OS/c1-3-4-6-15-8-10-16(11-9-15)19(23)22-12-5-7-17(13-22)18-21-20-14(2)24-18/h15-17H,3-13H2,1-2H3. The summed E-state index contributed by atoms with van der Waals surface area (Å²) in [5.74, 6) is 1.95. The van der Waals surface area contributed by atoms with Gasteiger partial charge in [-0.25, -0.2) is 0 Å². The van der Waals surface area contributed by atoms with Crippen LogP contribution in [0.1, 0.15) is 80.6 Å². The Morgan fingerprint density at radius 3 is 2.67 bits per heavy atom. The molecule has 3 rings (SSSR count). The molecule has 1 aliphatic heterocycles. The summed E-state index contributed by atoms with van der Waals surface area (Å²) < 4.78 is 0. The van der Waals surface area contributed by atoms with Crippen LogP contribution in [-0.2, 0) is 4.79 Å². The first-order valence-electron chi connectivity index (χ1n) is 9.76. The van der Waals surface area contributed by atoms with E-state index < -0.39 is 0 Å². The van der Waals surface area contributed by atoms with Crippen molar-refractivity contribution in [3.05, 3.63) is 10.0 Å². The number of rotatable bonds is 5. The summed E-state index contributed by atoms with van der Waals surface area (Å²) in [6, 6.07) is 0. The van der Waals surface area contributed by atoms with E-state index in [1.807, 2.05) is 6.92 Å². The molecule has 1 amide bonds. The van der Waals surface area contributed by atoms with E-state index in [9.17, 15) is 4.79 Å². The third kappa shape index (κ3) is 4.35. The molecule has 1 aliphatic carbocycles. The van der Waals surface area contributed by atoms with Gasteiger partial charge < -0.3 is 4.90 Å². The van der Waals surface area contributed by atoms with Gasteiger partial charge in [0.2, 0.25) is 5.91 Å². The summed E-state index contributed by atoms with van der Waals surface area (Å²) >= 11 is 1.69. The molecule has 2 aliphatic rings. The second-order valence-electron chi connectivity index (χ2n) is 7.64. The molecule has 1 unspecified atom stereocenters. The van der Waals surface area contributed by atoms with E-state index in [0.717, 1.165) is 54.7 Å². The van der Waals surface area contributed by atoms with Crippen LogP contribution < -0.4 is 0 Å². The molecule has 0 aromatic carbocycles. The SMILES string of the molecule is CCCCC1CCC(C(=O)N2CCCC(c3nnc(C)s3)C2)CC1. The highest BCUT2D eigenvalue weighted by Gasteiger charge is 2.33. The number of piperidine rings is 1. The number of aryl methyl sites for hydroxylation is 1. The quantitative estimate of drug-likeness (QED) is 0.783. The number of aromatic nitrogens is 2. The molecule has 0 bridgehead atoms. The average Bonchev–Trinajstić information content (AvgIpc) is 3.06. The number of carbonyl (C=O) groups excluding carboxylic acids is 1. The fourth-order valence-corrected chi connectivity index (χ4v) is 5.13. The number of likely N-dealkylation sites (tertiary alicyclic amines) is 1. The Labute approximate surface area is 150 Å². The molecule has 4 nitrogen and oxygen atoms in total. The molecule has 1 saturated heterocycles. The maximum Gasteiger partial charge on any atom is 0.225 e. The normalized spacial score (nSPS) is 28.1. The van der Waals surface area contributed by atoms with Crippen molar-refractivity contribution in [2.75, 3.05) is 13.1 Å². The van der Waals surface area contributed by atoms with Crippen molar-refractivity contribution in [1.82, 2.24) is 15.1 Å². The van der Waals surface area contributed by atoms with E-state index in [1.54, 1.807) is 11.3 Å². The Hall–Kier alpha value is -0.970. The monoisotopic (exact) mass is 349 g/mol. The first-order valence-corrected chi connectivity index (χ1v) is 10.6. The summed E-state index contributed by atoms with van der Waals surface area (Å²) in [6.45, 7) is 6.05. The van der Waals surface area contributed by atoms with Crippen molar-refractivity contribution in [3.8, 4) is 0 Å². The van der Waals surface area contributed by atoms with E-state index >= 15 is 0 Å². The Morgan fingerprint density at radius 1 is 1.21 bits per heavy atom. The van der Waals surface area contributed by atoms with Gasteiger partial charge in [0.15, 0.2) is 0 Å². The molecule has 24 heavy (non-hydrogen) atoms. The van der Waals surface area contributed by atoms with Gasteiger partial charge in [-0.1, -0.05) is 26.2 Å². The lowest BCUT2D eigenvalue weighted by atomic mass is 9.79. The summed E-state index contributed by atoms with van der Waals surface area (Å²) in [6.07, 6.45) is 10.9. The van der Waals surface area contributed by atoms with Crippen molar-refractivity contribution >= 4 is 17.2 Å². The van der Waals surface area contributed by atoms with Gasteiger partial charge in [-0.05, 0) is 51.4 Å². The van der Waals surface area contributed by atoms with Crippen LogP contribution in [0.2, 0.25) is 0 Å². The highest BCUT2D eigenvalue weighted by molar-refractivity contribution is 7.11. The molecule has 5 heteroatoms. The smallest absolute Gasteiger partial charge is 0.225 e. The number of hydrogen-bond donors (Lipinski definition) is 0. The molecule has 2 heterocycles. The average molecular weight is 350 g/mol. The van der Waals surface area contributed by atoms with Crippen molar-refractivity contribution in [2.45, 2.75) is 77.6 Å². The zero-order chi connectivity index (χ0) is 16.9. The Balaban J connectivity index is 1.51. The zero-order valence-corrected chi connectivity index (χ0v) is 16.0. The Morgan fingerprint density at radius 2 is 2.00 bits per heavy atom. The van der Waals surface area contributed by atoms with Gasteiger partial charge in [-0.2, -0.15) is 0 Å². The second kappa shape index (κ2) is 8.41. The van der Waals surface area contributed by atoms with Crippen molar-refractivity contribution < 1.29 is 4.79 Å². The van der Waals surface area contributed by atoms with Gasteiger partial charge in [0.05, 0.1) is 0 Å². The lowest BCUT2D eigenvalue weighted by molar-refractivity contribution is -0.138. The third-order valence-electron chi connectivity index (χ3n) is 5.79. The predicted octanol–water partition coefficient (Wildman–Crippen LogP) is 4.55. The van der Waals surface area contributed by atoms with Crippen molar-refractivity contribution in [2.24, 2.45) is 11.8 Å². The molecule has 1 aromatic heterocycles. The second-order valence-corrected chi connectivity index (χ2v) is 8.86. The first kappa shape index (κ1) is 17.8. The van der Waals surface area contributed by atoms with Crippen LogP contribution in [0.3, 0.4) is 0 Å². The minimum absolute atomic E-state index is 0.276. The number of amides is 1. The number of nitrogens with zero attached hydrogens (tertiary/aromatic N) is 3. The molecule has 1 aromatic rings. The first-order chi connectivity index (χ1) is 11.7. The number of carbonyl (C=O) groups is 1. The molecule has 0 spiro atoms. The van der Waals surface area contributed by atoms with Crippen molar-refractivity contribution in [1.29, 1.82) is 0 Å². The summed E-state index contributed by atoms with van der Waals surface area (Å²) in [4.78, 5) is 15.1. The van der Waals surface area contributed by atoms with E-state index in [2.05, 4.69) is 22.0 Å². The zero-order valence-electron chi connectivity index (χ0n) is 15.2.